The molecule has 0 aliphatic carbocycles. The molecule has 90 valence electrons. The summed E-state index contributed by atoms with van der Waals surface area (Å²) in [5.41, 5.74) is 0. The minimum absolute atomic E-state index is 0.148. The predicted octanol–water partition coefficient (Wildman–Crippen LogP) is 2.24. The molecule has 0 unspecified atom stereocenters. The molecule has 0 fully saturated rings. The van der Waals surface area contributed by atoms with Crippen LogP contribution >= 0.6 is 27.3 Å². The molecular weight excluding hydrogens is 316 g/mol. The first-order valence-corrected chi connectivity index (χ1v) is 7.41. The van der Waals surface area contributed by atoms with Crippen LogP contribution in [-0.4, -0.2) is 26.2 Å². The van der Waals surface area contributed by atoms with E-state index in [1.165, 1.54) is 27.0 Å². The van der Waals surface area contributed by atoms with E-state index >= 15 is 0 Å². The maximum absolute atomic E-state index is 12.2. The first-order valence-electron chi connectivity index (χ1n) is 4.32. The zero-order valence-corrected chi connectivity index (χ0v) is 12.2. The van der Waals surface area contributed by atoms with E-state index in [4.69, 9.17) is 0 Å². The molecule has 1 heterocycles. The topological polar surface area (TPSA) is 60.4 Å². The Hall–Kier alpha value is -0.400. The molecule has 0 aliphatic rings. The highest BCUT2D eigenvalue weighted by Crippen LogP contribution is 2.33. The Morgan fingerprint density at radius 2 is 2.00 bits per heavy atom. The van der Waals surface area contributed by atoms with Gasteiger partial charge in [0.1, 0.15) is 4.21 Å². The van der Waals surface area contributed by atoms with E-state index in [2.05, 4.69) is 20.7 Å². The van der Waals surface area contributed by atoms with Gasteiger partial charge >= 0.3 is 5.97 Å². The molecule has 1 aromatic rings. The van der Waals surface area contributed by atoms with Gasteiger partial charge in [-0.25, -0.2) is 8.42 Å². The number of carbonyl (C=O) groups is 1. The van der Waals surface area contributed by atoms with Gasteiger partial charge < -0.3 is 4.74 Å². The summed E-state index contributed by atoms with van der Waals surface area (Å²) in [6.07, 6.45) is 0. The fourth-order valence-corrected chi connectivity index (χ4v) is 4.88. The third kappa shape index (κ3) is 2.16. The standard InChI is InChI=1S/C9H11BrO4S2/c1-9(2,8(11)14-3)16(12,13)7-5-4-6(10)15-7/h4-5H,1-3H3. The Kier molecular flexibility index (Phi) is 3.81. The van der Waals surface area contributed by atoms with Crippen LogP contribution in [0.4, 0.5) is 0 Å². The molecule has 1 rings (SSSR count). The van der Waals surface area contributed by atoms with Crippen molar-refractivity contribution in [1.82, 2.24) is 0 Å². The van der Waals surface area contributed by atoms with Gasteiger partial charge in [0.2, 0.25) is 9.84 Å². The summed E-state index contributed by atoms with van der Waals surface area (Å²) in [6, 6.07) is 3.10. The number of sulfone groups is 1. The maximum Gasteiger partial charge on any atom is 0.327 e. The highest BCUT2D eigenvalue weighted by Gasteiger charge is 2.44. The number of methoxy groups -OCH3 is 1. The van der Waals surface area contributed by atoms with Crippen LogP contribution in [0.5, 0.6) is 0 Å². The minimum Gasteiger partial charge on any atom is -0.468 e. The zero-order valence-electron chi connectivity index (χ0n) is 8.98. The summed E-state index contributed by atoms with van der Waals surface area (Å²) in [6.45, 7) is 2.67. The number of ether oxygens (including phenoxy) is 1. The van der Waals surface area contributed by atoms with Gasteiger partial charge in [0, 0.05) is 0 Å². The van der Waals surface area contributed by atoms with Crippen LogP contribution in [0.3, 0.4) is 0 Å². The lowest BCUT2D eigenvalue weighted by molar-refractivity contribution is -0.142. The molecule has 7 heteroatoms. The zero-order chi connectivity index (χ0) is 12.6. The third-order valence-electron chi connectivity index (χ3n) is 2.16. The van der Waals surface area contributed by atoms with Crippen molar-refractivity contribution in [3.8, 4) is 0 Å². The van der Waals surface area contributed by atoms with E-state index in [9.17, 15) is 13.2 Å². The molecule has 0 N–H and O–H groups in total. The fourth-order valence-electron chi connectivity index (χ4n) is 1.05. The smallest absolute Gasteiger partial charge is 0.327 e. The molecule has 0 aromatic carbocycles. The molecule has 16 heavy (non-hydrogen) atoms. The van der Waals surface area contributed by atoms with Gasteiger partial charge in [0.15, 0.2) is 4.75 Å². The second-order valence-electron chi connectivity index (χ2n) is 3.56. The average Bonchev–Trinajstić information content (AvgIpc) is 2.63. The lowest BCUT2D eigenvalue weighted by Gasteiger charge is -2.20. The van der Waals surface area contributed by atoms with Crippen molar-refractivity contribution in [3.63, 3.8) is 0 Å². The van der Waals surface area contributed by atoms with Crippen LogP contribution in [0.25, 0.3) is 0 Å². The molecule has 0 saturated heterocycles. The van der Waals surface area contributed by atoms with E-state index in [-0.39, 0.29) is 4.21 Å². The minimum atomic E-state index is -3.72. The average molecular weight is 327 g/mol. The summed E-state index contributed by atoms with van der Waals surface area (Å²) in [4.78, 5) is 11.5. The second-order valence-corrected chi connectivity index (χ2v) is 8.75. The molecule has 0 aliphatic heterocycles. The van der Waals surface area contributed by atoms with E-state index in [0.29, 0.717) is 3.79 Å². The number of hydrogen-bond acceptors (Lipinski definition) is 5. The molecule has 0 saturated carbocycles. The van der Waals surface area contributed by atoms with Gasteiger partial charge in [-0.15, -0.1) is 11.3 Å². The molecule has 0 amide bonds. The summed E-state index contributed by atoms with van der Waals surface area (Å²) >= 11 is 4.25. The third-order valence-corrected chi connectivity index (χ3v) is 6.66. The van der Waals surface area contributed by atoms with E-state index in [1.54, 1.807) is 6.07 Å². The van der Waals surface area contributed by atoms with Crippen molar-refractivity contribution in [2.45, 2.75) is 22.8 Å². The largest absolute Gasteiger partial charge is 0.468 e. The number of hydrogen-bond donors (Lipinski definition) is 0. The van der Waals surface area contributed by atoms with Crippen LogP contribution in [0.1, 0.15) is 13.8 Å². The number of rotatable bonds is 3. The van der Waals surface area contributed by atoms with Gasteiger partial charge in [0.25, 0.3) is 0 Å². The van der Waals surface area contributed by atoms with Crippen molar-refractivity contribution < 1.29 is 17.9 Å². The Bertz CT molecular complexity index is 501. The van der Waals surface area contributed by atoms with Gasteiger partial charge in [-0.2, -0.15) is 0 Å². The Morgan fingerprint density at radius 1 is 1.44 bits per heavy atom. The van der Waals surface area contributed by atoms with Crippen molar-refractivity contribution >= 4 is 43.1 Å². The van der Waals surface area contributed by atoms with Crippen molar-refractivity contribution in [3.05, 3.63) is 15.9 Å². The lowest BCUT2D eigenvalue weighted by Crippen LogP contribution is -2.41. The first-order chi connectivity index (χ1) is 7.23. The normalized spacial score (nSPS) is 12.5. The SMILES string of the molecule is COC(=O)C(C)(C)S(=O)(=O)c1ccc(Br)s1. The van der Waals surface area contributed by atoms with Crippen LogP contribution < -0.4 is 0 Å². The van der Waals surface area contributed by atoms with Gasteiger partial charge in [-0.3, -0.25) is 4.79 Å². The molecule has 0 spiro atoms. The molecule has 1 aromatic heterocycles. The molecule has 0 radical (unpaired) electrons. The van der Waals surface area contributed by atoms with Gasteiger partial charge in [-0.1, -0.05) is 0 Å². The first kappa shape index (κ1) is 13.7. The quantitative estimate of drug-likeness (QED) is 0.799. The number of carbonyl (C=O) groups excluding carboxylic acids is 1. The lowest BCUT2D eigenvalue weighted by atomic mass is 10.2. The summed E-state index contributed by atoms with van der Waals surface area (Å²) < 4.78 is 28.1. The van der Waals surface area contributed by atoms with E-state index in [0.717, 1.165) is 11.3 Å². The van der Waals surface area contributed by atoms with Gasteiger partial charge in [0.05, 0.1) is 10.9 Å². The Labute approximate surface area is 107 Å². The Balaban J connectivity index is 3.27. The highest BCUT2D eigenvalue weighted by atomic mass is 79.9. The number of halogens is 1. The molecule has 0 bridgehead atoms. The van der Waals surface area contributed by atoms with E-state index in [1.807, 2.05) is 0 Å². The molecule has 4 nitrogen and oxygen atoms in total. The van der Waals surface area contributed by atoms with Crippen LogP contribution in [0.15, 0.2) is 20.1 Å². The summed E-state index contributed by atoms with van der Waals surface area (Å²) in [5, 5.41) is 0. The monoisotopic (exact) mass is 326 g/mol. The highest BCUT2D eigenvalue weighted by molar-refractivity contribution is 9.11. The van der Waals surface area contributed by atoms with Crippen molar-refractivity contribution in [2.75, 3.05) is 7.11 Å². The van der Waals surface area contributed by atoms with Crippen molar-refractivity contribution in [2.24, 2.45) is 0 Å². The Morgan fingerprint density at radius 3 is 2.38 bits per heavy atom. The maximum atomic E-state index is 12.2. The van der Waals surface area contributed by atoms with Gasteiger partial charge in [-0.05, 0) is 41.9 Å². The molecule has 0 atom stereocenters. The van der Waals surface area contributed by atoms with E-state index < -0.39 is 20.6 Å². The fraction of sp³-hybridized carbons (Fsp3) is 0.444. The molecular formula is C9H11BrO4S2. The second kappa shape index (κ2) is 4.46. The van der Waals surface area contributed by atoms with Crippen molar-refractivity contribution in [1.29, 1.82) is 0 Å². The van der Waals surface area contributed by atoms with Crippen LogP contribution in [0, 0.1) is 0 Å². The van der Waals surface area contributed by atoms with Crippen LogP contribution in [-0.2, 0) is 19.4 Å². The summed E-state index contributed by atoms with van der Waals surface area (Å²) in [7, 11) is -2.54. The summed E-state index contributed by atoms with van der Waals surface area (Å²) in [5.74, 6) is -0.767. The number of thiophene rings is 1. The van der Waals surface area contributed by atoms with Crippen LogP contribution in [0.2, 0.25) is 0 Å². The predicted molar refractivity (Wildman–Crippen MR) is 65.3 cm³/mol. The number of esters is 1.